The highest BCUT2D eigenvalue weighted by molar-refractivity contribution is 5.93. The van der Waals surface area contributed by atoms with Crippen molar-refractivity contribution in [2.75, 3.05) is 6.61 Å². The van der Waals surface area contributed by atoms with Gasteiger partial charge < -0.3 is 5.11 Å². The van der Waals surface area contributed by atoms with Crippen LogP contribution in [0.5, 0.6) is 0 Å². The van der Waals surface area contributed by atoms with Crippen LogP contribution in [0.2, 0.25) is 0 Å². The molecular weight excluding hydrogens is 412 g/mol. The average molecular weight is 435 g/mol. The first-order chi connectivity index (χ1) is 15.3. The Balaban J connectivity index is 2.06. The summed E-state index contributed by atoms with van der Waals surface area (Å²) in [5.74, 6) is -1.50. The lowest BCUT2D eigenvalue weighted by Gasteiger charge is -2.21. The summed E-state index contributed by atoms with van der Waals surface area (Å²) in [5.41, 5.74) is 2.60. The first-order valence-electron chi connectivity index (χ1n) is 10.3. The number of pyridine rings is 1. The number of halogens is 2. The fourth-order valence-corrected chi connectivity index (χ4v) is 3.76. The molecule has 0 aliphatic heterocycles. The van der Waals surface area contributed by atoms with E-state index in [1.807, 2.05) is 45.0 Å². The van der Waals surface area contributed by atoms with Gasteiger partial charge in [0.15, 0.2) is 0 Å². The Bertz CT molecular complexity index is 1330. The third-order valence-electron chi connectivity index (χ3n) is 5.57. The van der Waals surface area contributed by atoms with Crippen molar-refractivity contribution in [3.05, 3.63) is 82.4 Å². The Morgan fingerprint density at radius 3 is 2.25 bits per heavy atom. The van der Waals surface area contributed by atoms with Gasteiger partial charge in [-0.2, -0.15) is 0 Å². The van der Waals surface area contributed by atoms with Crippen LogP contribution in [-0.2, 0) is 0 Å². The smallest absolute Gasteiger partial charge is 0.261 e. The molecule has 4 aromatic rings. The SMILES string of the molecule is Cc1ccc(-c2cc3c(=O)n([C@H](CO)C(C)C)cnc3c(-c3cc(F)cc(F)c3)n2)cc1. The maximum atomic E-state index is 14.0. The molecule has 4 rings (SSSR count). The van der Waals surface area contributed by atoms with Crippen LogP contribution in [0.4, 0.5) is 8.78 Å². The van der Waals surface area contributed by atoms with Gasteiger partial charge in [0.25, 0.3) is 5.56 Å². The van der Waals surface area contributed by atoms with Crippen molar-refractivity contribution in [1.82, 2.24) is 14.5 Å². The summed E-state index contributed by atoms with van der Waals surface area (Å²) >= 11 is 0. The van der Waals surface area contributed by atoms with Gasteiger partial charge in [0.05, 0.1) is 35.8 Å². The Hall–Kier alpha value is -3.45. The molecule has 32 heavy (non-hydrogen) atoms. The standard InChI is InChI=1S/C25H23F2N3O2/c1-14(2)22(12-31)30-13-28-24-20(25(30)32)11-21(16-6-4-15(3)5-7-16)29-23(24)17-8-18(26)10-19(27)9-17/h4-11,13-14,22,31H,12H2,1-3H3/t22-/m1/s1. The fraction of sp³-hybridized carbons (Fsp3) is 0.240. The second kappa shape index (κ2) is 8.59. The average Bonchev–Trinajstić information content (AvgIpc) is 2.75. The van der Waals surface area contributed by atoms with Crippen LogP contribution in [0, 0.1) is 24.5 Å². The van der Waals surface area contributed by atoms with Crippen molar-refractivity contribution in [3.8, 4) is 22.5 Å². The van der Waals surface area contributed by atoms with Gasteiger partial charge in [-0.25, -0.2) is 18.7 Å². The van der Waals surface area contributed by atoms with Crippen molar-refractivity contribution >= 4 is 10.9 Å². The van der Waals surface area contributed by atoms with Crippen molar-refractivity contribution in [2.45, 2.75) is 26.8 Å². The zero-order chi connectivity index (χ0) is 23.0. The number of rotatable bonds is 5. The molecule has 2 heterocycles. The van der Waals surface area contributed by atoms with Gasteiger partial charge in [-0.05, 0) is 31.0 Å². The zero-order valence-electron chi connectivity index (χ0n) is 18.0. The highest BCUT2D eigenvalue weighted by atomic mass is 19.1. The predicted molar refractivity (Wildman–Crippen MR) is 120 cm³/mol. The number of aliphatic hydroxyl groups excluding tert-OH is 1. The molecule has 5 nitrogen and oxygen atoms in total. The van der Waals surface area contributed by atoms with Crippen molar-refractivity contribution < 1.29 is 13.9 Å². The molecule has 164 valence electrons. The minimum Gasteiger partial charge on any atom is -0.394 e. The van der Waals surface area contributed by atoms with Crippen LogP contribution >= 0.6 is 0 Å². The molecule has 0 aliphatic rings. The molecule has 0 spiro atoms. The minimum absolute atomic E-state index is 0.00728. The molecule has 0 amide bonds. The van der Waals surface area contributed by atoms with Crippen LogP contribution in [0.25, 0.3) is 33.4 Å². The second-order valence-electron chi connectivity index (χ2n) is 8.23. The van der Waals surface area contributed by atoms with Crippen molar-refractivity contribution in [3.63, 3.8) is 0 Å². The number of fused-ring (bicyclic) bond motifs is 1. The Labute approximate surface area is 184 Å². The number of aliphatic hydroxyl groups is 1. The van der Waals surface area contributed by atoms with E-state index in [0.717, 1.165) is 17.2 Å². The molecule has 1 atom stereocenters. The fourth-order valence-electron chi connectivity index (χ4n) is 3.76. The summed E-state index contributed by atoms with van der Waals surface area (Å²) in [6.07, 6.45) is 1.36. The van der Waals surface area contributed by atoms with Gasteiger partial charge in [0, 0.05) is 17.2 Å². The summed E-state index contributed by atoms with van der Waals surface area (Å²) in [6, 6.07) is 11.9. The normalized spacial score (nSPS) is 12.5. The van der Waals surface area contributed by atoms with Gasteiger partial charge >= 0.3 is 0 Å². The van der Waals surface area contributed by atoms with Crippen LogP contribution in [0.3, 0.4) is 0 Å². The number of aryl methyl sites for hydroxylation is 1. The summed E-state index contributed by atoms with van der Waals surface area (Å²) < 4.78 is 29.4. The Morgan fingerprint density at radius 2 is 1.66 bits per heavy atom. The Kier molecular flexibility index (Phi) is 5.84. The quantitative estimate of drug-likeness (QED) is 0.484. The summed E-state index contributed by atoms with van der Waals surface area (Å²) in [4.78, 5) is 22.5. The third kappa shape index (κ3) is 4.03. The van der Waals surface area contributed by atoms with Crippen molar-refractivity contribution in [2.24, 2.45) is 5.92 Å². The van der Waals surface area contributed by atoms with Gasteiger partial charge in [-0.15, -0.1) is 0 Å². The first-order valence-corrected chi connectivity index (χ1v) is 10.3. The number of hydrogen-bond donors (Lipinski definition) is 1. The summed E-state index contributed by atoms with van der Waals surface area (Å²) in [5, 5.41) is 10.1. The minimum atomic E-state index is -0.746. The van der Waals surface area contributed by atoms with Gasteiger partial charge in [0.2, 0.25) is 0 Å². The van der Waals surface area contributed by atoms with E-state index in [4.69, 9.17) is 0 Å². The molecule has 1 N–H and O–H groups in total. The lowest BCUT2D eigenvalue weighted by atomic mass is 10.0. The summed E-state index contributed by atoms with van der Waals surface area (Å²) in [7, 11) is 0. The van der Waals surface area contributed by atoms with Crippen LogP contribution < -0.4 is 5.56 Å². The van der Waals surface area contributed by atoms with Crippen LogP contribution in [-0.4, -0.2) is 26.2 Å². The van der Waals surface area contributed by atoms with E-state index in [-0.39, 0.29) is 40.2 Å². The molecule has 2 aromatic heterocycles. The molecule has 0 bridgehead atoms. The lowest BCUT2D eigenvalue weighted by molar-refractivity contribution is 0.189. The molecule has 2 aromatic carbocycles. The van der Waals surface area contributed by atoms with Gasteiger partial charge in [0.1, 0.15) is 17.2 Å². The second-order valence-corrected chi connectivity index (χ2v) is 8.23. The highest BCUT2D eigenvalue weighted by Crippen LogP contribution is 2.30. The number of nitrogens with zero attached hydrogens (tertiary/aromatic N) is 3. The molecule has 0 saturated carbocycles. The first kappa shape index (κ1) is 21.8. The monoisotopic (exact) mass is 435 g/mol. The molecule has 0 unspecified atom stereocenters. The topological polar surface area (TPSA) is 68.0 Å². The lowest BCUT2D eigenvalue weighted by Crippen LogP contribution is -2.30. The molecule has 0 fully saturated rings. The molecule has 7 heteroatoms. The van der Waals surface area contributed by atoms with Crippen molar-refractivity contribution in [1.29, 1.82) is 0 Å². The molecule has 0 aliphatic carbocycles. The number of aromatic nitrogens is 3. The third-order valence-corrected chi connectivity index (χ3v) is 5.57. The Morgan fingerprint density at radius 1 is 1.00 bits per heavy atom. The summed E-state index contributed by atoms with van der Waals surface area (Å²) in [6.45, 7) is 5.55. The van der Waals surface area contributed by atoms with E-state index in [2.05, 4.69) is 9.97 Å². The highest BCUT2D eigenvalue weighted by Gasteiger charge is 2.20. The molecule has 0 saturated heterocycles. The van der Waals surface area contributed by atoms with Crippen LogP contribution in [0.1, 0.15) is 25.5 Å². The van der Waals surface area contributed by atoms with E-state index in [1.54, 1.807) is 6.07 Å². The van der Waals surface area contributed by atoms with E-state index in [0.29, 0.717) is 5.69 Å². The van der Waals surface area contributed by atoms with Crippen LogP contribution in [0.15, 0.2) is 59.7 Å². The predicted octanol–water partition coefficient (Wildman–Crippen LogP) is 4.90. The van der Waals surface area contributed by atoms with Gasteiger partial charge in [-0.3, -0.25) is 9.36 Å². The zero-order valence-corrected chi connectivity index (χ0v) is 18.0. The van der Waals surface area contributed by atoms with E-state index in [1.165, 1.54) is 23.0 Å². The molecular formula is C25H23F2N3O2. The van der Waals surface area contributed by atoms with E-state index in [9.17, 15) is 18.7 Å². The van der Waals surface area contributed by atoms with E-state index < -0.39 is 17.7 Å². The number of hydrogen-bond acceptors (Lipinski definition) is 4. The maximum absolute atomic E-state index is 14.0. The largest absolute Gasteiger partial charge is 0.394 e. The maximum Gasteiger partial charge on any atom is 0.261 e. The van der Waals surface area contributed by atoms with E-state index >= 15 is 0 Å². The molecule has 0 radical (unpaired) electrons. The van der Waals surface area contributed by atoms with Gasteiger partial charge in [-0.1, -0.05) is 43.7 Å². The number of benzene rings is 2.